The quantitative estimate of drug-likeness (QED) is 0.480. The number of aldehydes is 1. The number of hydrogen-bond donors (Lipinski definition) is 2. The van der Waals surface area contributed by atoms with Crippen LogP contribution >= 0.6 is 0 Å². The van der Waals surface area contributed by atoms with Crippen molar-refractivity contribution in [1.82, 2.24) is 10.6 Å². The number of alkyl carbamates (subject to hydrolysis) is 1. The highest BCUT2D eigenvalue weighted by Gasteiger charge is 2.21. The van der Waals surface area contributed by atoms with Crippen molar-refractivity contribution >= 4 is 18.3 Å². The molecule has 0 fully saturated rings. The summed E-state index contributed by atoms with van der Waals surface area (Å²) in [4.78, 5) is 34.4. The molecule has 0 saturated heterocycles. The van der Waals surface area contributed by atoms with Crippen molar-refractivity contribution in [2.24, 2.45) is 0 Å². The van der Waals surface area contributed by atoms with Crippen LogP contribution in [0.25, 0.3) is 0 Å². The minimum absolute atomic E-state index is 0.251. The lowest BCUT2D eigenvalue weighted by Crippen LogP contribution is -2.48. The smallest absolute Gasteiger partial charge is 0.407 e. The third-order valence-corrected chi connectivity index (χ3v) is 3.38. The number of rotatable bonds is 11. The van der Waals surface area contributed by atoms with Crippen LogP contribution in [0, 0.1) is 0 Å². The molecule has 0 saturated carbocycles. The molecule has 1 aromatic rings. The summed E-state index contributed by atoms with van der Waals surface area (Å²) in [5.41, 5.74) is 0.953. The van der Waals surface area contributed by atoms with E-state index in [1.807, 2.05) is 37.3 Å². The molecule has 0 radical (unpaired) electrons. The maximum absolute atomic E-state index is 12.3. The molecule has 132 valence electrons. The number of nitrogens with one attached hydrogen (secondary N) is 2. The first kappa shape index (κ1) is 19.7. The number of carbonyl (C=O) groups excluding carboxylic acids is 3. The van der Waals surface area contributed by atoms with Gasteiger partial charge in [-0.2, -0.15) is 0 Å². The monoisotopic (exact) mass is 334 g/mol. The van der Waals surface area contributed by atoms with E-state index in [2.05, 4.69) is 10.6 Å². The molecule has 0 aliphatic rings. The molecule has 24 heavy (non-hydrogen) atoms. The molecular weight excluding hydrogens is 308 g/mol. The zero-order valence-corrected chi connectivity index (χ0v) is 14.1. The van der Waals surface area contributed by atoms with Gasteiger partial charge in [0.15, 0.2) is 0 Å². The van der Waals surface area contributed by atoms with Crippen molar-refractivity contribution < 1.29 is 19.1 Å². The van der Waals surface area contributed by atoms with Crippen LogP contribution in [-0.4, -0.2) is 37.5 Å². The molecule has 6 heteroatoms. The Labute approximate surface area is 143 Å². The van der Waals surface area contributed by atoms with E-state index < -0.39 is 12.1 Å². The fourth-order valence-electron chi connectivity index (χ4n) is 2.13. The standard InChI is InChI=1S/C18H26N2O4/c1-2-13-24-18(23)20-16(14-15-9-5-3-6-10-15)17(22)19-11-7-4-8-12-21/h3,5-6,9-10,12,16H,2,4,7-8,11,13-14H2,1H3,(H,19,22)(H,20,23)/t16-/m0/s1. The molecule has 0 aromatic heterocycles. The van der Waals surface area contributed by atoms with Gasteiger partial charge >= 0.3 is 6.09 Å². The lowest BCUT2D eigenvalue weighted by molar-refractivity contribution is -0.123. The van der Waals surface area contributed by atoms with E-state index in [-0.39, 0.29) is 5.91 Å². The number of ether oxygens (including phenoxy) is 1. The van der Waals surface area contributed by atoms with Crippen LogP contribution in [0.3, 0.4) is 0 Å². The second-order valence-electron chi connectivity index (χ2n) is 5.48. The van der Waals surface area contributed by atoms with Gasteiger partial charge in [-0.1, -0.05) is 37.3 Å². The Morgan fingerprint density at radius 3 is 2.62 bits per heavy atom. The van der Waals surface area contributed by atoms with Gasteiger partial charge in [0, 0.05) is 19.4 Å². The van der Waals surface area contributed by atoms with E-state index in [1.165, 1.54) is 0 Å². The van der Waals surface area contributed by atoms with Crippen LogP contribution in [0.2, 0.25) is 0 Å². The summed E-state index contributed by atoms with van der Waals surface area (Å²) in [6.45, 7) is 2.70. The number of amides is 2. The number of unbranched alkanes of at least 4 members (excludes halogenated alkanes) is 2. The van der Waals surface area contributed by atoms with Crippen LogP contribution in [0.15, 0.2) is 30.3 Å². The molecule has 1 aromatic carbocycles. The first-order valence-corrected chi connectivity index (χ1v) is 8.36. The summed E-state index contributed by atoms with van der Waals surface area (Å²) in [6, 6.07) is 8.79. The van der Waals surface area contributed by atoms with Crippen LogP contribution in [0.1, 0.15) is 38.2 Å². The number of carbonyl (C=O) groups is 3. The van der Waals surface area contributed by atoms with Gasteiger partial charge in [-0.05, 0) is 24.8 Å². The zero-order valence-electron chi connectivity index (χ0n) is 14.1. The topological polar surface area (TPSA) is 84.5 Å². The van der Waals surface area contributed by atoms with Crippen molar-refractivity contribution in [2.45, 2.75) is 45.1 Å². The van der Waals surface area contributed by atoms with Crippen LogP contribution < -0.4 is 10.6 Å². The largest absolute Gasteiger partial charge is 0.450 e. The van der Waals surface area contributed by atoms with Gasteiger partial charge in [-0.3, -0.25) is 4.79 Å². The normalized spacial score (nSPS) is 11.4. The van der Waals surface area contributed by atoms with Gasteiger partial charge in [-0.15, -0.1) is 0 Å². The van der Waals surface area contributed by atoms with Crippen molar-refractivity contribution in [3.05, 3.63) is 35.9 Å². The van der Waals surface area contributed by atoms with Crippen molar-refractivity contribution in [2.75, 3.05) is 13.2 Å². The molecule has 0 aliphatic heterocycles. The summed E-state index contributed by atoms with van der Waals surface area (Å²) >= 11 is 0. The minimum atomic E-state index is -0.692. The minimum Gasteiger partial charge on any atom is -0.450 e. The molecular formula is C18H26N2O4. The predicted molar refractivity (Wildman–Crippen MR) is 91.6 cm³/mol. The highest BCUT2D eigenvalue weighted by molar-refractivity contribution is 5.85. The van der Waals surface area contributed by atoms with Gasteiger partial charge in [0.2, 0.25) is 5.91 Å². The molecule has 1 atom stereocenters. The van der Waals surface area contributed by atoms with Gasteiger partial charge in [0.1, 0.15) is 12.3 Å². The third kappa shape index (κ3) is 8.31. The van der Waals surface area contributed by atoms with E-state index in [9.17, 15) is 14.4 Å². The molecule has 0 unspecified atom stereocenters. The summed E-state index contributed by atoms with van der Waals surface area (Å²) in [5, 5.41) is 5.42. The van der Waals surface area contributed by atoms with E-state index in [0.717, 1.165) is 31.1 Å². The Hall–Kier alpha value is -2.37. The fourth-order valence-corrected chi connectivity index (χ4v) is 2.13. The molecule has 0 heterocycles. The number of hydrogen-bond acceptors (Lipinski definition) is 4. The lowest BCUT2D eigenvalue weighted by Gasteiger charge is -2.18. The third-order valence-electron chi connectivity index (χ3n) is 3.38. The van der Waals surface area contributed by atoms with E-state index in [0.29, 0.717) is 26.0 Å². The van der Waals surface area contributed by atoms with Crippen LogP contribution in [-0.2, 0) is 20.7 Å². The molecule has 2 N–H and O–H groups in total. The maximum Gasteiger partial charge on any atom is 0.407 e. The van der Waals surface area contributed by atoms with Gasteiger partial charge in [0.05, 0.1) is 6.61 Å². The molecule has 0 bridgehead atoms. The Morgan fingerprint density at radius 2 is 1.96 bits per heavy atom. The highest BCUT2D eigenvalue weighted by atomic mass is 16.5. The maximum atomic E-state index is 12.3. The Kier molecular flexibility index (Phi) is 9.92. The molecule has 0 aliphatic carbocycles. The lowest BCUT2D eigenvalue weighted by atomic mass is 10.1. The molecule has 2 amide bonds. The van der Waals surface area contributed by atoms with Gasteiger partial charge in [-0.25, -0.2) is 4.79 Å². The van der Waals surface area contributed by atoms with Gasteiger partial charge < -0.3 is 20.2 Å². The summed E-state index contributed by atoms with van der Waals surface area (Å²) in [5.74, 6) is -0.251. The highest BCUT2D eigenvalue weighted by Crippen LogP contribution is 2.04. The summed E-state index contributed by atoms with van der Waals surface area (Å²) < 4.78 is 5.00. The molecule has 0 spiro atoms. The average molecular weight is 334 g/mol. The SMILES string of the molecule is CCCOC(=O)N[C@@H](Cc1ccccc1)C(=O)NCCCCC=O. The predicted octanol–water partition coefficient (Wildman–Crippen LogP) is 2.22. The summed E-state index contributed by atoms with van der Waals surface area (Å²) in [7, 11) is 0. The van der Waals surface area contributed by atoms with E-state index >= 15 is 0 Å². The Balaban J connectivity index is 2.56. The van der Waals surface area contributed by atoms with Gasteiger partial charge in [0.25, 0.3) is 0 Å². The Morgan fingerprint density at radius 1 is 1.21 bits per heavy atom. The second kappa shape index (κ2) is 12.1. The van der Waals surface area contributed by atoms with Crippen LogP contribution in [0.5, 0.6) is 0 Å². The van der Waals surface area contributed by atoms with Crippen molar-refractivity contribution in [3.63, 3.8) is 0 Å². The number of benzene rings is 1. The molecule has 6 nitrogen and oxygen atoms in total. The van der Waals surface area contributed by atoms with Crippen LogP contribution in [0.4, 0.5) is 4.79 Å². The fraction of sp³-hybridized carbons (Fsp3) is 0.500. The van der Waals surface area contributed by atoms with Crippen molar-refractivity contribution in [3.8, 4) is 0 Å². The van der Waals surface area contributed by atoms with E-state index in [4.69, 9.17) is 4.74 Å². The second-order valence-corrected chi connectivity index (χ2v) is 5.48. The zero-order chi connectivity index (χ0) is 17.6. The van der Waals surface area contributed by atoms with E-state index in [1.54, 1.807) is 0 Å². The first-order valence-electron chi connectivity index (χ1n) is 8.36. The summed E-state index contributed by atoms with van der Waals surface area (Å²) in [6.07, 6.45) is 3.34. The average Bonchev–Trinajstić information content (AvgIpc) is 2.60. The Bertz CT molecular complexity index is 505. The van der Waals surface area contributed by atoms with Crippen molar-refractivity contribution in [1.29, 1.82) is 0 Å². The first-order chi connectivity index (χ1) is 11.7. The molecule has 1 rings (SSSR count).